The van der Waals surface area contributed by atoms with Crippen LogP contribution < -0.4 is 21.0 Å². The van der Waals surface area contributed by atoms with Crippen LogP contribution in [0.4, 0.5) is 32.1 Å². The molecule has 1 saturated heterocycles. The number of halogens is 1. The highest BCUT2D eigenvalue weighted by molar-refractivity contribution is 7.21. The van der Waals surface area contributed by atoms with E-state index in [2.05, 4.69) is 25.5 Å². The van der Waals surface area contributed by atoms with Gasteiger partial charge in [-0.25, -0.2) is 24.1 Å². The van der Waals surface area contributed by atoms with Crippen molar-refractivity contribution in [2.45, 2.75) is 25.8 Å². The monoisotopic (exact) mass is 512 g/mol. The first-order valence-corrected chi connectivity index (χ1v) is 12.9. The summed E-state index contributed by atoms with van der Waals surface area (Å²) in [5.74, 6) is -0.636. The van der Waals surface area contributed by atoms with Crippen LogP contribution in [0, 0.1) is 5.82 Å². The molecule has 4 aromatic rings. The number of nitrogens with one attached hydrogen (secondary N) is 2. The van der Waals surface area contributed by atoms with Crippen molar-refractivity contribution < 1.29 is 14.0 Å². The third-order valence-electron chi connectivity index (χ3n) is 6.63. The largest absolute Gasteiger partial charge is 0.332 e. The van der Waals surface area contributed by atoms with Gasteiger partial charge in [0.2, 0.25) is 0 Å². The number of amides is 3. The Morgan fingerprint density at radius 2 is 1.89 bits per heavy atom. The Morgan fingerprint density at radius 3 is 2.65 bits per heavy atom. The number of rotatable bonds is 5. The van der Waals surface area contributed by atoms with Gasteiger partial charge in [0, 0.05) is 12.2 Å². The lowest BCUT2D eigenvalue weighted by molar-refractivity contribution is 0.103. The van der Waals surface area contributed by atoms with Gasteiger partial charge in [-0.3, -0.25) is 9.69 Å². The van der Waals surface area contributed by atoms with Gasteiger partial charge < -0.3 is 10.6 Å². The fourth-order valence-electron chi connectivity index (χ4n) is 4.79. The van der Waals surface area contributed by atoms with Crippen LogP contribution in [0.5, 0.6) is 0 Å². The predicted octanol–water partition coefficient (Wildman–Crippen LogP) is 4.55. The van der Waals surface area contributed by atoms with Crippen molar-refractivity contribution in [3.63, 3.8) is 0 Å². The Hall–Kier alpha value is -3.83. The average molecular weight is 512 g/mol. The molecule has 2 aromatic heterocycles. The second-order valence-corrected chi connectivity index (χ2v) is 10.1. The van der Waals surface area contributed by atoms with Crippen LogP contribution in [0.25, 0.3) is 10.2 Å². The number of hydrogen-bond donors (Lipinski definition) is 2. The second kappa shape index (κ2) is 9.57. The maximum atomic E-state index is 13.7. The van der Waals surface area contributed by atoms with Crippen LogP contribution in [0.3, 0.4) is 0 Å². The molecular formula is C26H22BFN6O2S. The predicted molar refractivity (Wildman–Crippen MR) is 144 cm³/mol. The van der Waals surface area contributed by atoms with Gasteiger partial charge in [-0.1, -0.05) is 24.0 Å². The first-order chi connectivity index (χ1) is 18.0. The van der Waals surface area contributed by atoms with Crippen molar-refractivity contribution in [3.05, 3.63) is 65.0 Å². The molecule has 2 radical (unpaired) electrons. The summed E-state index contributed by atoms with van der Waals surface area (Å²) in [6.07, 6.45) is 5.11. The molecule has 1 fully saturated rings. The number of benzene rings is 2. The third kappa shape index (κ3) is 4.45. The molecular weight excluding hydrogens is 490 g/mol. The topological polar surface area (TPSA) is 90.5 Å². The standard InChI is InChI=1S/C26H22BFN6O2S/c27-18-12-17(8-9-19(18)28)34-23-20-21(32-26(34)36)22(37-25(20)30-14-29-23)24(35)31-16-6-4-15(5-7-16)13-33-10-2-1-3-11-33/h4-9,12,14H,1-3,10-11,13H2,(H,31,35)(H,32,36). The summed E-state index contributed by atoms with van der Waals surface area (Å²) in [5.41, 5.74) is 2.48. The summed E-state index contributed by atoms with van der Waals surface area (Å²) in [6.45, 7) is 3.14. The second-order valence-electron chi connectivity index (χ2n) is 9.14. The fraction of sp³-hybridized carbons (Fsp3) is 0.231. The number of anilines is 4. The Balaban J connectivity index is 1.27. The van der Waals surface area contributed by atoms with E-state index in [1.54, 1.807) is 0 Å². The lowest BCUT2D eigenvalue weighted by Gasteiger charge is -2.27. The highest BCUT2D eigenvalue weighted by atomic mass is 32.1. The zero-order valence-electron chi connectivity index (χ0n) is 19.8. The number of piperidine rings is 1. The Bertz CT molecular complexity index is 1520. The van der Waals surface area contributed by atoms with Gasteiger partial charge >= 0.3 is 6.03 Å². The van der Waals surface area contributed by atoms with E-state index < -0.39 is 11.8 Å². The van der Waals surface area contributed by atoms with E-state index >= 15 is 0 Å². The number of carbonyl (C=O) groups excluding carboxylic acids is 2. The maximum absolute atomic E-state index is 13.7. The van der Waals surface area contributed by atoms with E-state index in [9.17, 15) is 14.0 Å². The van der Waals surface area contributed by atoms with Gasteiger partial charge in [0.1, 0.15) is 29.7 Å². The number of carbonyl (C=O) groups is 2. The molecule has 0 saturated carbocycles. The number of urea groups is 1. The summed E-state index contributed by atoms with van der Waals surface area (Å²) in [4.78, 5) is 39.6. The summed E-state index contributed by atoms with van der Waals surface area (Å²) >= 11 is 1.17. The molecule has 3 amide bonds. The van der Waals surface area contributed by atoms with Crippen molar-refractivity contribution in [1.82, 2.24) is 14.9 Å². The number of hydrogen-bond acceptors (Lipinski definition) is 6. The van der Waals surface area contributed by atoms with Gasteiger partial charge in [0.25, 0.3) is 5.91 Å². The van der Waals surface area contributed by atoms with Crippen LogP contribution in [0.2, 0.25) is 0 Å². The summed E-state index contributed by atoms with van der Waals surface area (Å²) in [5, 5.41) is 6.26. The maximum Gasteiger partial charge on any atom is 0.332 e. The zero-order valence-corrected chi connectivity index (χ0v) is 20.6. The highest BCUT2D eigenvalue weighted by Gasteiger charge is 2.34. The van der Waals surface area contributed by atoms with Crippen molar-refractivity contribution in [1.29, 1.82) is 0 Å². The molecule has 11 heteroatoms. The van der Waals surface area contributed by atoms with Crippen molar-refractivity contribution in [3.8, 4) is 0 Å². The number of thiophene rings is 1. The summed E-state index contributed by atoms with van der Waals surface area (Å²) in [6, 6.07) is 11.3. The Labute approximate surface area is 217 Å². The van der Waals surface area contributed by atoms with Crippen LogP contribution >= 0.6 is 11.3 Å². The van der Waals surface area contributed by atoms with Crippen LogP contribution in [-0.4, -0.2) is 47.7 Å². The van der Waals surface area contributed by atoms with Crippen LogP contribution in [0.1, 0.15) is 34.5 Å². The quantitative estimate of drug-likeness (QED) is 0.383. The molecule has 184 valence electrons. The Kier molecular flexibility index (Phi) is 6.09. The van der Waals surface area contributed by atoms with E-state index in [0.717, 1.165) is 19.6 Å². The summed E-state index contributed by atoms with van der Waals surface area (Å²) < 4.78 is 13.7. The normalized spacial score (nSPS) is 15.6. The SMILES string of the molecule is [B]c1cc(N2C(=O)Nc3c(C(=O)Nc4ccc(CN5CCCCC5)cc4)sc4ncnc2c34)ccc1F. The zero-order chi connectivity index (χ0) is 25.5. The van der Waals surface area contributed by atoms with Gasteiger partial charge in [-0.05, 0) is 61.8 Å². The van der Waals surface area contributed by atoms with E-state index in [4.69, 9.17) is 7.85 Å². The molecule has 0 aliphatic carbocycles. The van der Waals surface area contributed by atoms with Crippen molar-refractivity contribution >= 4 is 69.7 Å². The van der Waals surface area contributed by atoms with Gasteiger partial charge in [0.05, 0.1) is 16.8 Å². The van der Waals surface area contributed by atoms with Gasteiger partial charge in [-0.15, -0.1) is 11.3 Å². The van der Waals surface area contributed by atoms with E-state index in [1.165, 1.54) is 65.6 Å². The van der Waals surface area contributed by atoms with E-state index in [-0.39, 0.29) is 11.4 Å². The molecule has 2 aliphatic heterocycles. The third-order valence-corrected chi connectivity index (χ3v) is 7.72. The molecule has 2 aliphatic rings. The van der Waals surface area contributed by atoms with Crippen molar-refractivity contribution in [2.24, 2.45) is 0 Å². The molecule has 37 heavy (non-hydrogen) atoms. The molecule has 4 heterocycles. The molecule has 0 bridgehead atoms. The molecule has 8 nitrogen and oxygen atoms in total. The smallest absolute Gasteiger partial charge is 0.321 e. The minimum Gasteiger partial charge on any atom is -0.321 e. The summed E-state index contributed by atoms with van der Waals surface area (Å²) in [7, 11) is 5.72. The van der Waals surface area contributed by atoms with Gasteiger partial charge in [0.15, 0.2) is 5.82 Å². The Morgan fingerprint density at radius 1 is 1.11 bits per heavy atom. The first kappa shape index (κ1) is 23.6. The number of aromatic nitrogens is 2. The molecule has 2 N–H and O–H groups in total. The van der Waals surface area contributed by atoms with Gasteiger partial charge in [-0.2, -0.15) is 0 Å². The lowest BCUT2D eigenvalue weighted by atomic mass is 9.95. The van der Waals surface area contributed by atoms with Crippen molar-refractivity contribution in [2.75, 3.05) is 28.6 Å². The van der Waals surface area contributed by atoms with Crippen LogP contribution in [-0.2, 0) is 6.54 Å². The molecule has 0 spiro atoms. The molecule has 6 rings (SSSR count). The number of likely N-dealkylation sites (tertiary alicyclic amines) is 1. The minimum atomic E-state index is -0.580. The average Bonchev–Trinajstić information content (AvgIpc) is 3.27. The first-order valence-electron chi connectivity index (χ1n) is 12.0. The molecule has 2 aromatic carbocycles. The van der Waals surface area contributed by atoms with E-state index in [1.807, 2.05) is 24.3 Å². The molecule has 0 unspecified atom stereocenters. The van der Waals surface area contributed by atoms with E-state index in [0.29, 0.717) is 38.0 Å². The number of nitrogens with zero attached hydrogens (tertiary/aromatic N) is 4. The fourth-order valence-corrected chi connectivity index (χ4v) is 5.78. The minimum absolute atomic E-state index is 0.0891. The van der Waals surface area contributed by atoms with Crippen LogP contribution in [0.15, 0.2) is 48.8 Å². The molecule has 0 atom stereocenters. The lowest BCUT2D eigenvalue weighted by Crippen LogP contribution is -2.35. The highest BCUT2D eigenvalue weighted by Crippen LogP contribution is 2.44.